The molecule has 1 amide bonds. The molecule has 1 aromatic carbocycles. The monoisotopic (exact) mass is 433 g/mol. The minimum absolute atomic E-state index is 0.0943. The van der Waals surface area contributed by atoms with Crippen molar-refractivity contribution in [3.05, 3.63) is 54.1 Å². The number of alkyl halides is 2. The van der Waals surface area contributed by atoms with E-state index in [9.17, 15) is 18.0 Å². The normalized spacial score (nSPS) is 18.4. The van der Waals surface area contributed by atoms with Gasteiger partial charge in [-0.05, 0) is 44.5 Å². The molecule has 164 valence electrons. The molecule has 1 atom stereocenters. The number of halogens is 3. The van der Waals surface area contributed by atoms with E-state index in [4.69, 9.17) is 4.74 Å². The first-order chi connectivity index (χ1) is 14.5. The summed E-state index contributed by atoms with van der Waals surface area (Å²) >= 11 is 0. The first-order valence-electron chi connectivity index (χ1n) is 9.75. The van der Waals surface area contributed by atoms with Gasteiger partial charge < -0.3 is 15.0 Å². The van der Waals surface area contributed by atoms with Crippen LogP contribution in [0.3, 0.4) is 0 Å². The number of carbonyl (C=O) groups is 1. The Balaban J connectivity index is 1.67. The van der Waals surface area contributed by atoms with Crippen LogP contribution in [-0.4, -0.2) is 38.7 Å². The fraction of sp³-hybridized carbons (Fsp3) is 0.381. The van der Waals surface area contributed by atoms with Gasteiger partial charge in [0.25, 0.3) is 5.92 Å². The summed E-state index contributed by atoms with van der Waals surface area (Å²) in [7, 11) is 0. The summed E-state index contributed by atoms with van der Waals surface area (Å²) in [4.78, 5) is 18.0. The predicted molar refractivity (Wildman–Crippen MR) is 108 cm³/mol. The van der Waals surface area contributed by atoms with Gasteiger partial charge in [-0.1, -0.05) is 12.1 Å². The lowest BCUT2D eigenvalue weighted by Gasteiger charge is -2.25. The number of benzene rings is 1. The van der Waals surface area contributed by atoms with Crippen LogP contribution in [0.15, 0.2) is 42.7 Å². The highest BCUT2D eigenvalue weighted by Crippen LogP contribution is 2.43. The Morgan fingerprint density at radius 2 is 2.06 bits per heavy atom. The second-order valence-electron chi connectivity index (χ2n) is 8.59. The van der Waals surface area contributed by atoms with Gasteiger partial charge in [0.15, 0.2) is 5.75 Å². The molecule has 0 bridgehead atoms. The molecule has 4 rings (SSSR count). The van der Waals surface area contributed by atoms with Gasteiger partial charge >= 0.3 is 6.09 Å². The zero-order valence-electron chi connectivity index (χ0n) is 17.3. The molecule has 3 heterocycles. The van der Waals surface area contributed by atoms with E-state index in [1.54, 1.807) is 39.1 Å². The molecule has 2 aromatic heterocycles. The fourth-order valence-corrected chi connectivity index (χ4v) is 3.57. The van der Waals surface area contributed by atoms with Crippen LogP contribution >= 0.6 is 0 Å². The molecule has 1 aliphatic rings. The molecule has 0 aliphatic carbocycles. The molecule has 0 spiro atoms. The molecule has 0 radical (unpaired) electrons. The average Bonchev–Trinajstić information content (AvgIpc) is 3.20. The van der Waals surface area contributed by atoms with Gasteiger partial charge in [-0.15, -0.1) is 0 Å². The number of amides is 1. The van der Waals surface area contributed by atoms with Crippen LogP contribution < -0.4 is 15.0 Å². The summed E-state index contributed by atoms with van der Waals surface area (Å²) in [6.45, 7) is 4.86. The third kappa shape index (κ3) is 4.57. The number of anilines is 1. The summed E-state index contributed by atoms with van der Waals surface area (Å²) < 4.78 is 49.1. The topological polar surface area (TPSA) is 71.8 Å². The van der Waals surface area contributed by atoms with Crippen LogP contribution in [0.2, 0.25) is 0 Å². The number of rotatable bonds is 3. The van der Waals surface area contributed by atoms with Gasteiger partial charge in [-0.2, -0.15) is 5.10 Å². The number of ether oxygens (including phenoxy) is 1. The van der Waals surface area contributed by atoms with Crippen LogP contribution in [0.4, 0.5) is 23.8 Å². The molecule has 3 aromatic rings. The van der Waals surface area contributed by atoms with Gasteiger partial charge in [0.1, 0.15) is 11.6 Å². The van der Waals surface area contributed by atoms with Crippen molar-refractivity contribution in [1.82, 2.24) is 19.9 Å². The molecule has 0 saturated carbocycles. The number of fused-ring (bicyclic) bond motifs is 1. The number of hydrogen-bond acceptors (Lipinski definition) is 5. The van der Waals surface area contributed by atoms with Gasteiger partial charge in [0, 0.05) is 18.2 Å². The maximum absolute atomic E-state index is 14.3. The molecule has 31 heavy (non-hydrogen) atoms. The van der Waals surface area contributed by atoms with E-state index in [0.717, 1.165) is 0 Å². The molecule has 10 heteroatoms. The molecular weight excluding hydrogens is 411 g/mol. The summed E-state index contributed by atoms with van der Waals surface area (Å²) in [5.74, 6) is -3.11. The SMILES string of the molecule is CC(C)(C)NC(=O)Oc1cnn2ccc(N3CC(F)(F)C[C@@H]3c3cccc(F)c3)nc12. The smallest absolute Gasteiger partial charge is 0.405 e. The van der Waals surface area contributed by atoms with E-state index in [1.165, 1.54) is 33.8 Å². The molecule has 1 fully saturated rings. The zero-order chi connectivity index (χ0) is 22.4. The first kappa shape index (κ1) is 21.0. The number of nitrogens with zero attached hydrogens (tertiary/aromatic N) is 4. The van der Waals surface area contributed by atoms with Gasteiger partial charge in [-0.3, -0.25) is 0 Å². The van der Waals surface area contributed by atoms with E-state index in [2.05, 4.69) is 15.4 Å². The van der Waals surface area contributed by atoms with Crippen molar-refractivity contribution in [2.75, 3.05) is 11.4 Å². The van der Waals surface area contributed by atoms with Crippen molar-refractivity contribution >= 4 is 17.6 Å². The Morgan fingerprint density at radius 1 is 1.29 bits per heavy atom. The van der Waals surface area contributed by atoms with Crippen molar-refractivity contribution in [3.63, 3.8) is 0 Å². The highest BCUT2D eigenvalue weighted by molar-refractivity contribution is 5.74. The minimum atomic E-state index is -2.96. The van der Waals surface area contributed by atoms with Crippen molar-refractivity contribution in [2.24, 2.45) is 0 Å². The fourth-order valence-electron chi connectivity index (χ4n) is 3.57. The lowest BCUT2D eigenvalue weighted by atomic mass is 10.0. The highest BCUT2D eigenvalue weighted by Gasteiger charge is 2.46. The van der Waals surface area contributed by atoms with E-state index < -0.39 is 42.4 Å². The van der Waals surface area contributed by atoms with Crippen LogP contribution in [0, 0.1) is 5.82 Å². The number of aromatic nitrogens is 3. The predicted octanol–water partition coefficient (Wildman–Crippen LogP) is 4.34. The summed E-state index contributed by atoms with van der Waals surface area (Å²) in [6, 6.07) is 6.42. The van der Waals surface area contributed by atoms with Crippen LogP contribution in [0.1, 0.15) is 38.8 Å². The first-order valence-corrected chi connectivity index (χ1v) is 9.75. The third-order valence-electron chi connectivity index (χ3n) is 4.80. The Bertz CT molecular complexity index is 1130. The summed E-state index contributed by atoms with van der Waals surface area (Å²) in [6.07, 6.45) is 1.74. The van der Waals surface area contributed by atoms with Crippen molar-refractivity contribution in [1.29, 1.82) is 0 Å². The second kappa shape index (κ2) is 7.44. The maximum atomic E-state index is 14.3. The lowest BCUT2D eigenvalue weighted by molar-refractivity contribution is 0.0222. The summed E-state index contributed by atoms with van der Waals surface area (Å²) in [5.41, 5.74) is 0.140. The Morgan fingerprint density at radius 3 is 2.77 bits per heavy atom. The molecule has 0 unspecified atom stereocenters. The Labute approximate surface area is 176 Å². The van der Waals surface area contributed by atoms with E-state index >= 15 is 0 Å². The van der Waals surface area contributed by atoms with E-state index in [-0.39, 0.29) is 17.2 Å². The molecule has 1 saturated heterocycles. The quantitative estimate of drug-likeness (QED) is 0.665. The van der Waals surface area contributed by atoms with E-state index in [0.29, 0.717) is 5.56 Å². The van der Waals surface area contributed by atoms with Crippen molar-refractivity contribution in [2.45, 2.75) is 44.7 Å². The molecule has 7 nitrogen and oxygen atoms in total. The Hall–Kier alpha value is -3.30. The molecule has 1 N–H and O–H groups in total. The summed E-state index contributed by atoms with van der Waals surface area (Å²) in [5, 5.41) is 6.75. The number of nitrogens with one attached hydrogen (secondary N) is 1. The highest BCUT2D eigenvalue weighted by atomic mass is 19.3. The third-order valence-corrected chi connectivity index (χ3v) is 4.80. The average molecular weight is 433 g/mol. The van der Waals surface area contributed by atoms with Gasteiger partial charge in [0.2, 0.25) is 5.65 Å². The van der Waals surface area contributed by atoms with Crippen LogP contribution in [-0.2, 0) is 0 Å². The maximum Gasteiger partial charge on any atom is 0.413 e. The molecular formula is C21H22F3N5O2. The van der Waals surface area contributed by atoms with E-state index in [1.807, 2.05) is 0 Å². The lowest BCUT2D eigenvalue weighted by Crippen LogP contribution is -2.42. The van der Waals surface area contributed by atoms with Crippen LogP contribution in [0.5, 0.6) is 5.75 Å². The van der Waals surface area contributed by atoms with Gasteiger partial charge in [-0.25, -0.2) is 27.5 Å². The molecule has 1 aliphatic heterocycles. The minimum Gasteiger partial charge on any atom is -0.405 e. The standard InChI is InChI=1S/C21H22F3N5O2/c1-20(2,3)27-19(30)31-16-11-25-29-8-7-17(26-18(16)29)28-12-21(23,24)10-15(28)13-5-4-6-14(22)9-13/h4-9,11,15H,10,12H2,1-3H3,(H,27,30)/t15-/m1/s1. The Kier molecular flexibility index (Phi) is 5.03. The zero-order valence-corrected chi connectivity index (χ0v) is 17.3. The second-order valence-corrected chi connectivity index (χ2v) is 8.59. The number of hydrogen-bond donors (Lipinski definition) is 1. The van der Waals surface area contributed by atoms with Crippen molar-refractivity contribution in [3.8, 4) is 5.75 Å². The number of carbonyl (C=O) groups excluding carboxylic acids is 1. The van der Waals surface area contributed by atoms with Crippen LogP contribution in [0.25, 0.3) is 5.65 Å². The van der Waals surface area contributed by atoms with Gasteiger partial charge in [0.05, 0.1) is 18.8 Å². The van der Waals surface area contributed by atoms with Crippen molar-refractivity contribution < 1.29 is 22.7 Å². The largest absolute Gasteiger partial charge is 0.413 e.